The van der Waals surface area contributed by atoms with Gasteiger partial charge in [-0.1, -0.05) is 12.8 Å². The van der Waals surface area contributed by atoms with Gasteiger partial charge >= 0.3 is 0 Å². The number of carbonyl (C=O) groups excluding carboxylic acids is 1. The number of halogens is 3. The molecule has 0 aliphatic heterocycles. The van der Waals surface area contributed by atoms with Crippen molar-refractivity contribution in [2.45, 2.75) is 31.7 Å². The molecule has 0 saturated heterocycles. The lowest BCUT2D eigenvalue weighted by atomic mass is 9.83. The van der Waals surface area contributed by atoms with E-state index in [1.807, 2.05) is 0 Å². The highest BCUT2D eigenvalue weighted by atomic mass is 19.1. The number of nitrogens with zero attached hydrogens (tertiary/aromatic N) is 1. The van der Waals surface area contributed by atoms with Crippen molar-refractivity contribution >= 4 is 5.91 Å². The molecule has 21 heavy (non-hydrogen) atoms. The molecule has 1 saturated carbocycles. The van der Waals surface area contributed by atoms with Gasteiger partial charge in [-0.05, 0) is 25.3 Å². The largest absolute Gasteiger partial charge is 0.338 e. The zero-order valence-electron chi connectivity index (χ0n) is 11.9. The van der Waals surface area contributed by atoms with E-state index < -0.39 is 28.9 Å². The number of benzene rings is 1. The van der Waals surface area contributed by atoms with Gasteiger partial charge in [0.05, 0.1) is 0 Å². The van der Waals surface area contributed by atoms with E-state index in [0.717, 1.165) is 25.7 Å². The van der Waals surface area contributed by atoms with Gasteiger partial charge in [-0.2, -0.15) is 0 Å². The standard InChI is InChI=1S/C15H19F3N2O/c1-20(13-5-3-2-4-9(13)8-19)15(21)14-11(17)6-10(16)7-12(14)18/h6-7,9,13H,2-5,8,19H2,1H3. The van der Waals surface area contributed by atoms with E-state index >= 15 is 0 Å². The highest BCUT2D eigenvalue weighted by molar-refractivity contribution is 5.94. The van der Waals surface area contributed by atoms with Crippen LogP contribution in [0.1, 0.15) is 36.0 Å². The Morgan fingerprint density at radius 1 is 1.24 bits per heavy atom. The van der Waals surface area contributed by atoms with Crippen molar-refractivity contribution in [2.24, 2.45) is 11.7 Å². The first kappa shape index (κ1) is 15.8. The van der Waals surface area contributed by atoms with Gasteiger partial charge in [0.1, 0.15) is 23.0 Å². The van der Waals surface area contributed by atoms with Crippen LogP contribution in [0.3, 0.4) is 0 Å². The SMILES string of the molecule is CN(C(=O)c1c(F)cc(F)cc1F)C1CCCCC1CN. The molecule has 0 aromatic heterocycles. The third-order valence-corrected chi connectivity index (χ3v) is 4.21. The summed E-state index contributed by atoms with van der Waals surface area (Å²) in [5.74, 6) is -4.04. The first-order valence-corrected chi connectivity index (χ1v) is 7.07. The molecule has 2 unspecified atom stereocenters. The minimum atomic E-state index is -1.18. The Hall–Kier alpha value is -1.56. The summed E-state index contributed by atoms with van der Waals surface area (Å²) in [6.45, 7) is 0.427. The van der Waals surface area contributed by atoms with Crippen LogP contribution in [0, 0.1) is 23.4 Å². The van der Waals surface area contributed by atoms with E-state index in [2.05, 4.69) is 0 Å². The molecule has 1 aliphatic rings. The first-order chi connectivity index (χ1) is 9.95. The van der Waals surface area contributed by atoms with Crippen molar-refractivity contribution in [2.75, 3.05) is 13.6 Å². The summed E-state index contributed by atoms with van der Waals surface area (Å²) in [5, 5.41) is 0. The molecule has 116 valence electrons. The average molecular weight is 300 g/mol. The number of rotatable bonds is 3. The van der Waals surface area contributed by atoms with Crippen LogP contribution in [-0.2, 0) is 0 Å². The first-order valence-electron chi connectivity index (χ1n) is 7.07. The highest BCUT2D eigenvalue weighted by Crippen LogP contribution is 2.29. The molecule has 1 aliphatic carbocycles. The number of hydrogen-bond donors (Lipinski definition) is 1. The van der Waals surface area contributed by atoms with Crippen LogP contribution in [0.15, 0.2) is 12.1 Å². The molecule has 3 nitrogen and oxygen atoms in total. The van der Waals surface area contributed by atoms with E-state index in [0.29, 0.717) is 18.7 Å². The minimum Gasteiger partial charge on any atom is -0.338 e. The van der Waals surface area contributed by atoms with Gasteiger partial charge in [-0.15, -0.1) is 0 Å². The van der Waals surface area contributed by atoms with E-state index in [9.17, 15) is 18.0 Å². The van der Waals surface area contributed by atoms with Crippen LogP contribution in [0.5, 0.6) is 0 Å². The summed E-state index contributed by atoms with van der Waals surface area (Å²) in [7, 11) is 1.52. The van der Waals surface area contributed by atoms with Crippen molar-refractivity contribution in [1.29, 1.82) is 0 Å². The van der Waals surface area contributed by atoms with Gasteiger partial charge in [-0.3, -0.25) is 4.79 Å². The highest BCUT2D eigenvalue weighted by Gasteiger charge is 2.32. The Balaban J connectivity index is 2.27. The van der Waals surface area contributed by atoms with Crippen LogP contribution < -0.4 is 5.73 Å². The predicted molar refractivity (Wildman–Crippen MR) is 73.2 cm³/mol. The van der Waals surface area contributed by atoms with E-state index in [1.165, 1.54) is 11.9 Å². The smallest absolute Gasteiger partial charge is 0.259 e. The predicted octanol–water partition coefficient (Wildman–Crippen LogP) is 2.69. The van der Waals surface area contributed by atoms with Crippen LogP contribution in [0.2, 0.25) is 0 Å². The number of carbonyl (C=O) groups is 1. The van der Waals surface area contributed by atoms with Gasteiger partial charge in [0.15, 0.2) is 0 Å². The monoisotopic (exact) mass is 300 g/mol. The van der Waals surface area contributed by atoms with Crippen molar-refractivity contribution in [1.82, 2.24) is 4.90 Å². The Morgan fingerprint density at radius 3 is 2.38 bits per heavy atom. The molecule has 0 radical (unpaired) electrons. The van der Waals surface area contributed by atoms with Gasteiger partial charge in [0, 0.05) is 25.2 Å². The van der Waals surface area contributed by atoms with E-state index in [1.54, 1.807) is 0 Å². The maximum atomic E-state index is 13.7. The Bertz CT molecular complexity index is 513. The second-order valence-electron chi connectivity index (χ2n) is 5.51. The summed E-state index contributed by atoms with van der Waals surface area (Å²) >= 11 is 0. The molecular formula is C15H19F3N2O. The zero-order chi connectivity index (χ0) is 15.6. The molecular weight excluding hydrogens is 281 g/mol. The summed E-state index contributed by atoms with van der Waals surface area (Å²) < 4.78 is 40.4. The van der Waals surface area contributed by atoms with Gasteiger partial charge in [-0.25, -0.2) is 13.2 Å². The Kier molecular flexibility index (Phi) is 4.88. The van der Waals surface area contributed by atoms with Crippen LogP contribution >= 0.6 is 0 Å². The van der Waals surface area contributed by atoms with E-state index in [-0.39, 0.29) is 12.0 Å². The third kappa shape index (κ3) is 3.20. The summed E-state index contributed by atoms with van der Waals surface area (Å²) in [6.07, 6.45) is 3.65. The number of hydrogen-bond acceptors (Lipinski definition) is 2. The third-order valence-electron chi connectivity index (χ3n) is 4.21. The lowest BCUT2D eigenvalue weighted by molar-refractivity contribution is 0.0610. The molecule has 6 heteroatoms. The van der Waals surface area contributed by atoms with Crippen molar-refractivity contribution in [3.05, 3.63) is 35.1 Å². The lowest BCUT2D eigenvalue weighted by Gasteiger charge is -2.37. The molecule has 0 heterocycles. The van der Waals surface area contributed by atoms with Crippen LogP contribution in [0.4, 0.5) is 13.2 Å². The summed E-state index contributed by atoms with van der Waals surface area (Å²) in [4.78, 5) is 13.7. The fraction of sp³-hybridized carbons (Fsp3) is 0.533. The number of amides is 1. The molecule has 2 N–H and O–H groups in total. The summed E-state index contributed by atoms with van der Waals surface area (Å²) in [5.41, 5.74) is 5.01. The number of nitrogens with two attached hydrogens (primary N) is 1. The van der Waals surface area contributed by atoms with E-state index in [4.69, 9.17) is 5.73 Å². The quantitative estimate of drug-likeness (QED) is 0.933. The molecule has 0 bridgehead atoms. The average Bonchev–Trinajstić information content (AvgIpc) is 2.45. The van der Waals surface area contributed by atoms with Crippen molar-refractivity contribution < 1.29 is 18.0 Å². The van der Waals surface area contributed by atoms with Crippen molar-refractivity contribution in [3.8, 4) is 0 Å². The summed E-state index contributed by atoms with van der Waals surface area (Å²) in [6, 6.07) is 0.900. The maximum absolute atomic E-state index is 13.7. The second kappa shape index (κ2) is 6.47. The normalized spacial score (nSPS) is 22.1. The van der Waals surface area contributed by atoms with Gasteiger partial charge in [0.2, 0.25) is 0 Å². The Morgan fingerprint density at radius 2 is 1.81 bits per heavy atom. The van der Waals surface area contributed by atoms with Gasteiger partial charge in [0.25, 0.3) is 5.91 Å². The fourth-order valence-corrected chi connectivity index (χ4v) is 3.05. The molecule has 1 aromatic carbocycles. The molecule has 2 atom stereocenters. The van der Waals surface area contributed by atoms with Gasteiger partial charge < -0.3 is 10.6 Å². The molecule has 2 rings (SSSR count). The topological polar surface area (TPSA) is 46.3 Å². The Labute approximate surface area is 121 Å². The minimum absolute atomic E-state index is 0.124. The molecule has 1 fully saturated rings. The molecule has 1 amide bonds. The fourth-order valence-electron chi connectivity index (χ4n) is 3.05. The van der Waals surface area contributed by atoms with Crippen LogP contribution in [-0.4, -0.2) is 30.4 Å². The zero-order valence-corrected chi connectivity index (χ0v) is 11.9. The molecule has 1 aromatic rings. The van der Waals surface area contributed by atoms with Crippen LogP contribution in [0.25, 0.3) is 0 Å². The molecule has 0 spiro atoms. The second-order valence-corrected chi connectivity index (χ2v) is 5.51. The maximum Gasteiger partial charge on any atom is 0.259 e. The van der Waals surface area contributed by atoms with Crippen molar-refractivity contribution in [3.63, 3.8) is 0 Å². The lowest BCUT2D eigenvalue weighted by Crippen LogP contribution is -2.46.